The predicted molar refractivity (Wildman–Crippen MR) is 171 cm³/mol. The molecule has 5 heterocycles. The zero-order valence-corrected chi connectivity index (χ0v) is 26.4. The molecule has 13 heteroatoms. The Morgan fingerprint density at radius 2 is 1.96 bits per heavy atom. The molecule has 2 aromatic heterocycles. The number of aromatic nitrogens is 2. The van der Waals surface area contributed by atoms with E-state index in [4.69, 9.17) is 10.5 Å². The number of hydrogen-bond donors (Lipinski definition) is 2. The van der Waals surface area contributed by atoms with Gasteiger partial charge in [-0.1, -0.05) is 26.0 Å². The number of nitrogens with zero attached hydrogens (tertiary/aromatic N) is 5. The molecular weight excluding hydrogens is 618 g/mol. The van der Waals surface area contributed by atoms with Gasteiger partial charge < -0.3 is 25.6 Å². The zero-order valence-electron chi connectivity index (χ0n) is 25.6. The van der Waals surface area contributed by atoms with Crippen molar-refractivity contribution in [2.24, 2.45) is 11.3 Å². The van der Waals surface area contributed by atoms with Crippen molar-refractivity contribution in [2.45, 2.75) is 51.6 Å². The Hall–Kier alpha value is -3.73. The van der Waals surface area contributed by atoms with Crippen molar-refractivity contribution < 1.29 is 22.3 Å². The van der Waals surface area contributed by atoms with Crippen LogP contribution >= 0.6 is 11.3 Å². The third kappa shape index (κ3) is 5.20. The molecule has 3 saturated heterocycles. The number of anilines is 2. The summed E-state index contributed by atoms with van der Waals surface area (Å²) in [7, 11) is 0. The fraction of sp³-hybridized carbons (Fsp3) is 0.485. The minimum atomic E-state index is -2.52. The number of rotatable bonds is 7. The van der Waals surface area contributed by atoms with E-state index in [0.29, 0.717) is 48.5 Å². The molecule has 3 aliphatic rings. The van der Waals surface area contributed by atoms with Crippen molar-refractivity contribution in [3.8, 4) is 23.2 Å². The van der Waals surface area contributed by atoms with Crippen LogP contribution in [0.2, 0.25) is 0 Å². The number of ether oxygens (including phenoxy) is 1. The van der Waals surface area contributed by atoms with Crippen LogP contribution in [0.1, 0.15) is 38.7 Å². The summed E-state index contributed by atoms with van der Waals surface area (Å²) in [4.78, 5) is 13.3. The van der Waals surface area contributed by atoms with Crippen LogP contribution in [-0.4, -0.2) is 72.7 Å². The van der Waals surface area contributed by atoms with Gasteiger partial charge in [0.2, 0.25) is 6.43 Å². The number of alkyl halides is 2. The zero-order chi connectivity index (χ0) is 32.3. The molecule has 0 radical (unpaired) electrons. The highest BCUT2D eigenvalue weighted by atomic mass is 32.1. The summed E-state index contributed by atoms with van der Waals surface area (Å²) in [5.41, 5.74) is 5.06. The Bertz CT molecular complexity index is 1850. The molecule has 7 rings (SSSR count). The number of fused-ring (bicyclic) bond motifs is 4. The Morgan fingerprint density at radius 1 is 1.20 bits per heavy atom. The molecule has 4 aromatic rings. The van der Waals surface area contributed by atoms with Crippen molar-refractivity contribution in [1.29, 1.82) is 5.26 Å². The highest BCUT2D eigenvalue weighted by molar-refractivity contribution is 7.23. The van der Waals surface area contributed by atoms with Crippen molar-refractivity contribution in [1.82, 2.24) is 20.2 Å². The van der Waals surface area contributed by atoms with Gasteiger partial charge in [-0.05, 0) is 50.0 Å². The highest BCUT2D eigenvalue weighted by Crippen LogP contribution is 2.44. The smallest absolute Gasteiger partial charge is 0.319 e. The summed E-state index contributed by atoms with van der Waals surface area (Å²) in [5, 5.41) is 14.2. The van der Waals surface area contributed by atoms with Crippen molar-refractivity contribution in [3.63, 3.8) is 0 Å². The van der Waals surface area contributed by atoms with Crippen LogP contribution in [-0.2, 0) is 0 Å². The van der Waals surface area contributed by atoms with E-state index in [2.05, 4.69) is 26.3 Å². The van der Waals surface area contributed by atoms with Gasteiger partial charge in [-0.3, -0.25) is 0 Å². The summed E-state index contributed by atoms with van der Waals surface area (Å²) in [6, 6.07) is 8.56. The number of nitrogens with one attached hydrogen (secondary N) is 1. The lowest BCUT2D eigenvalue weighted by Gasteiger charge is -2.45. The lowest BCUT2D eigenvalue weighted by Crippen LogP contribution is -2.52. The normalized spacial score (nSPS) is 25.1. The first kappa shape index (κ1) is 30.9. The Morgan fingerprint density at radius 3 is 2.65 bits per heavy atom. The van der Waals surface area contributed by atoms with Gasteiger partial charge in [0.1, 0.15) is 28.2 Å². The molecule has 3 aliphatic heterocycles. The summed E-state index contributed by atoms with van der Waals surface area (Å²) in [5.74, 6) is -2.29. The predicted octanol–water partition coefficient (Wildman–Crippen LogP) is 6.18. The monoisotopic (exact) mass is 653 g/mol. The van der Waals surface area contributed by atoms with Gasteiger partial charge in [-0.25, -0.2) is 17.6 Å². The molecule has 46 heavy (non-hydrogen) atoms. The molecule has 2 bridgehead atoms. The average molecular weight is 654 g/mol. The maximum atomic E-state index is 16.8. The number of hydrogen-bond acceptors (Lipinski definition) is 9. The van der Waals surface area contributed by atoms with E-state index < -0.39 is 29.4 Å². The van der Waals surface area contributed by atoms with Crippen molar-refractivity contribution in [2.75, 3.05) is 50.0 Å². The van der Waals surface area contributed by atoms with Crippen LogP contribution in [0.15, 0.2) is 24.3 Å². The van der Waals surface area contributed by atoms with Crippen LogP contribution in [0.25, 0.3) is 32.1 Å². The second-order valence-electron chi connectivity index (χ2n) is 13.0. The van der Waals surface area contributed by atoms with Gasteiger partial charge in [-0.2, -0.15) is 15.2 Å². The standard InChI is InChI=1S/C33H35F4N7OS/c1-3-43-10-9-22(29(36)37)33(2,15-43)16-45-32-41-28-20(31(42-32)44-13-17-7-8-18(14-44)40-17)11-23(34)26(27(28)35)19-5-4-6-24-25(19)21(12-38)30(39)46-24/h4-6,11,17-18,22,29,40H,3,7-10,13-16,39H2,1-2H3/t17-,18+,22-,33+/m1/s1. The molecule has 0 amide bonds. The summed E-state index contributed by atoms with van der Waals surface area (Å²) < 4.78 is 68.1. The third-order valence-corrected chi connectivity index (χ3v) is 11.0. The number of piperidine rings is 1. The molecule has 4 atom stereocenters. The Balaban J connectivity index is 1.36. The number of nitriles is 1. The number of thiophene rings is 1. The molecule has 0 unspecified atom stereocenters. The van der Waals surface area contributed by atoms with E-state index in [-0.39, 0.29) is 57.3 Å². The van der Waals surface area contributed by atoms with Crippen molar-refractivity contribution in [3.05, 3.63) is 41.5 Å². The second-order valence-corrected chi connectivity index (χ2v) is 14.1. The first-order valence-electron chi connectivity index (χ1n) is 15.7. The minimum Gasteiger partial charge on any atom is -0.463 e. The van der Waals surface area contributed by atoms with E-state index in [9.17, 15) is 14.0 Å². The Labute approximate surface area is 268 Å². The first-order chi connectivity index (χ1) is 22.1. The summed E-state index contributed by atoms with van der Waals surface area (Å²) >= 11 is 1.18. The van der Waals surface area contributed by atoms with Crippen LogP contribution in [0.5, 0.6) is 6.01 Å². The van der Waals surface area contributed by atoms with Gasteiger partial charge in [0.15, 0.2) is 5.82 Å². The van der Waals surface area contributed by atoms with Crippen LogP contribution in [0.3, 0.4) is 0 Å². The van der Waals surface area contributed by atoms with E-state index in [1.54, 1.807) is 25.1 Å². The Kier molecular flexibility index (Phi) is 7.93. The van der Waals surface area contributed by atoms with Crippen LogP contribution < -0.4 is 20.7 Å². The second kappa shape index (κ2) is 11.8. The molecular formula is C33H35F4N7OS. The maximum Gasteiger partial charge on any atom is 0.319 e. The number of likely N-dealkylation sites (tertiary alicyclic amines) is 1. The van der Waals surface area contributed by atoms with Gasteiger partial charge in [-0.15, -0.1) is 11.3 Å². The highest BCUT2D eigenvalue weighted by Gasteiger charge is 2.45. The van der Waals surface area contributed by atoms with E-state index in [1.807, 2.05) is 11.8 Å². The topological polar surface area (TPSA) is 103 Å². The summed E-state index contributed by atoms with van der Waals surface area (Å²) in [6.45, 7) is 6.58. The number of nitrogens with two attached hydrogens (primary N) is 1. The van der Waals surface area contributed by atoms with E-state index >= 15 is 8.78 Å². The fourth-order valence-corrected chi connectivity index (χ4v) is 8.58. The van der Waals surface area contributed by atoms with E-state index in [1.165, 1.54) is 17.4 Å². The molecule has 0 aliphatic carbocycles. The van der Waals surface area contributed by atoms with Crippen LogP contribution in [0, 0.1) is 34.3 Å². The summed E-state index contributed by atoms with van der Waals surface area (Å²) in [6.07, 6.45) is -0.223. The lowest BCUT2D eigenvalue weighted by molar-refractivity contribution is -0.0721. The molecule has 3 fully saturated rings. The molecule has 3 N–H and O–H groups in total. The number of halogens is 4. The third-order valence-electron chi connectivity index (χ3n) is 10.0. The van der Waals surface area contributed by atoms with Gasteiger partial charge in [0.05, 0.1) is 17.7 Å². The van der Waals surface area contributed by atoms with Gasteiger partial charge in [0.25, 0.3) is 0 Å². The largest absolute Gasteiger partial charge is 0.463 e. The minimum absolute atomic E-state index is 0.0923. The first-order valence-corrected chi connectivity index (χ1v) is 16.5. The van der Waals surface area contributed by atoms with Crippen molar-refractivity contribution >= 4 is 43.1 Å². The molecule has 0 spiro atoms. The number of benzene rings is 2. The lowest BCUT2D eigenvalue weighted by atomic mass is 9.73. The average Bonchev–Trinajstić information content (AvgIpc) is 3.55. The fourth-order valence-electron chi connectivity index (χ4n) is 7.63. The number of nitrogen functional groups attached to an aromatic ring is 1. The van der Waals surface area contributed by atoms with Crippen LogP contribution in [0.4, 0.5) is 28.4 Å². The molecule has 242 valence electrons. The molecule has 8 nitrogen and oxygen atoms in total. The van der Waals surface area contributed by atoms with Gasteiger partial charge in [0, 0.05) is 58.5 Å². The molecule has 2 aromatic carbocycles. The number of piperazine rings is 1. The quantitative estimate of drug-likeness (QED) is 0.228. The van der Waals surface area contributed by atoms with Gasteiger partial charge >= 0.3 is 6.01 Å². The SMILES string of the molecule is CCN1CC[C@H](C(F)F)[C@](C)(COc2nc(N3C[C@H]4CC[C@@H](C3)N4)c3cc(F)c(-c4cccc5sc(N)c(C#N)c45)c(F)c3n2)C1. The maximum absolute atomic E-state index is 16.8. The van der Waals surface area contributed by atoms with E-state index in [0.717, 1.165) is 19.4 Å². The molecule has 0 saturated carbocycles.